The van der Waals surface area contributed by atoms with Gasteiger partial charge in [0.05, 0.1) is 17.6 Å². The molecule has 1 N–H and O–H groups in total. The van der Waals surface area contributed by atoms with Gasteiger partial charge < -0.3 is 5.32 Å². The Hall–Kier alpha value is -1.75. The van der Waals surface area contributed by atoms with E-state index in [1.807, 2.05) is 64.7 Å². The fourth-order valence-electron chi connectivity index (χ4n) is 2.83. The van der Waals surface area contributed by atoms with Crippen molar-refractivity contribution >= 4 is 35.0 Å². The zero-order valence-electron chi connectivity index (χ0n) is 13.5. The largest absolute Gasteiger partial charge is 0.329 e. The molecule has 6 heteroatoms. The fourth-order valence-corrected chi connectivity index (χ4v) is 2.95. The second kappa shape index (κ2) is 8.38. The molecule has 1 aromatic heterocycles. The number of aryl methyl sites for hydroxylation is 1. The molecule has 0 atom stereocenters. The van der Waals surface area contributed by atoms with Gasteiger partial charge in [-0.25, -0.2) is 4.79 Å². The Balaban J connectivity index is 0.00000208. The molecular weight excluding hydrogens is 345 g/mol. The van der Waals surface area contributed by atoms with Gasteiger partial charge in [0.1, 0.15) is 0 Å². The minimum absolute atomic E-state index is 0. The van der Waals surface area contributed by atoms with Gasteiger partial charge in [-0.05, 0) is 49.8 Å². The molecule has 0 radical (unpaired) electrons. The first-order valence-electron chi connectivity index (χ1n) is 7.78. The van der Waals surface area contributed by atoms with E-state index in [1.54, 1.807) is 0 Å². The molecule has 1 heterocycles. The molecule has 0 bridgehead atoms. The molecule has 0 saturated heterocycles. The summed E-state index contributed by atoms with van der Waals surface area (Å²) in [6.45, 7) is 2.16. The quantitative estimate of drug-likeness (QED) is 0.678. The number of nitrogens with zero attached hydrogens (tertiary/aromatic N) is 2. The van der Waals surface area contributed by atoms with Gasteiger partial charge in [0.25, 0.3) is 0 Å². The van der Waals surface area contributed by atoms with E-state index < -0.39 is 0 Å². The second-order valence-electron chi connectivity index (χ2n) is 5.59. The van der Waals surface area contributed by atoms with Gasteiger partial charge in [-0.15, -0.1) is 12.4 Å². The molecule has 0 spiro atoms. The number of halogens is 2. The molecule has 0 fully saturated rings. The van der Waals surface area contributed by atoms with Crippen LogP contribution in [0.25, 0.3) is 11.0 Å². The van der Waals surface area contributed by atoms with E-state index in [4.69, 9.17) is 11.6 Å². The van der Waals surface area contributed by atoms with E-state index in [1.165, 1.54) is 0 Å². The van der Waals surface area contributed by atoms with Crippen LogP contribution in [0.4, 0.5) is 0 Å². The Morgan fingerprint density at radius 3 is 2.25 bits per heavy atom. The van der Waals surface area contributed by atoms with Crippen LogP contribution < -0.4 is 11.0 Å². The Kier molecular flexibility index (Phi) is 6.49. The molecule has 0 unspecified atom stereocenters. The molecular formula is C18H21Cl2N3O. The maximum atomic E-state index is 12.8. The number of benzene rings is 2. The summed E-state index contributed by atoms with van der Waals surface area (Å²) in [5.41, 5.74) is 3.06. The average molecular weight is 366 g/mol. The lowest BCUT2D eigenvalue weighted by Crippen LogP contribution is -2.25. The Morgan fingerprint density at radius 1 is 1.00 bits per heavy atom. The summed E-state index contributed by atoms with van der Waals surface area (Å²) in [6, 6.07) is 15.6. The predicted octanol–water partition coefficient (Wildman–Crippen LogP) is 3.54. The van der Waals surface area contributed by atoms with Gasteiger partial charge >= 0.3 is 5.69 Å². The molecule has 0 saturated carbocycles. The predicted molar refractivity (Wildman–Crippen MR) is 103 cm³/mol. The van der Waals surface area contributed by atoms with Crippen molar-refractivity contribution in [3.8, 4) is 0 Å². The van der Waals surface area contributed by atoms with Gasteiger partial charge in [-0.1, -0.05) is 35.9 Å². The summed E-state index contributed by atoms with van der Waals surface area (Å²) < 4.78 is 3.69. The third kappa shape index (κ3) is 3.83. The van der Waals surface area contributed by atoms with E-state index in [2.05, 4.69) is 5.32 Å². The fraction of sp³-hybridized carbons (Fsp3) is 0.278. The zero-order valence-corrected chi connectivity index (χ0v) is 15.1. The third-order valence-corrected chi connectivity index (χ3v) is 4.24. The number of aromatic nitrogens is 2. The highest BCUT2D eigenvalue weighted by atomic mass is 35.5. The van der Waals surface area contributed by atoms with Crippen LogP contribution in [0, 0.1) is 0 Å². The molecule has 0 aliphatic carbocycles. The molecule has 3 rings (SSSR count). The number of imidazole rings is 1. The maximum absolute atomic E-state index is 12.8. The van der Waals surface area contributed by atoms with Crippen molar-refractivity contribution in [2.45, 2.75) is 19.5 Å². The van der Waals surface area contributed by atoms with E-state index in [9.17, 15) is 4.79 Å². The SMILES string of the molecule is CNCCCn1c(=O)n(Cc2ccc(Cl)cc2)c2ccccc21.Cl. The average Bonchev–Trinajstić information content (AvgIpc) is 2.83. The first-order chi connectivity index (χ1) is 11.2. The molecule has 0 aliphatic heterocycles. The van der Waals surface area contributed by atoms with Crippen molar-refractivity contribution in [1.82, 2.24) is 14.5 Å². The Bertz CT molecular complexity index is 853. The highest BCUT2D eigenvalue weighted by molar-refractivity contribution is 6.30. The monoisotopic (exact) mass is 365 g/mol. The lowest BCUT2D eigenvalue weighted by molar-refractivity contribution is 0.594. The van der Waals surface area contributed by atoms with Crippen molar-refractivity contribution in [1.29, 1.82) is 0 Å². The van der Waals surface area contributed by atoms with E-state index in [0.717, 1.165) is 29.6 Å². The minimum Gasteiger partial charge on any atom is -0.320 e. The van der Waals surface area contributed by atoms with Crippen molar-refractivity contribution < 1.29 is 0 Å². The number of hydrogen-bond donors (Lipinski definition) is 1. The van der Waals surface area contributed by atoms with E-state index in [0.29, 0.717) is 18.1 Å². The van der Waals surface area contributed by atoms with E-state index in [-0.39, 0.29) is 18.1 Å². The van der Waals surface area contributed by atoms with Gasteiger partial charge in [0.2, 0.25) is 0 Å². The minimum atomic E-state index is 0. The van der Waals surface area contributed by atoms with E-state index >= 15 is 0 Å². The van der Waals surface area contributed by atoms with Gasteiger partial charge in [-0.2, -0.15) is 0 Å². The van der Waals surface area contributed by atoms with Gasteiger partial charge in [-0.3, -0.25) is 9.13 Å². The van der Waals surface area contributed by atoms with Crippen molar-refractivity contribution in [3.05, 3.63) is 69.6 Å². The number of hydrogen-bond acceptors (Lipinski definition) is 2. The lowest BCUT2D eigenvalue weighted by atomic mass is 10.2. The highest BCUT2D eigenvalue weighted by Gasteiger charge is 2.12. The zero-order chi connectivity index (χ0) is 16.2. The molecule has 0 amide bonds. The van der Waals surface area contributed by atoms with Crippen LogP contribution in [0.1, 0.15) is 12.0 Å². The van der Waals surface area contributed by atoms with Crippen LogP contribution in [0.2, 0.25) is 5.02 Å². The van der Waals surface area contributed by atoms with Gasteiger partial charge in [0, 0.05) is 11.6 Å². The normalized spacial score (nSPS) is 10.8. The van der Waals surface area contributed by atoms with Crippen molar-refractivity contribution in [2.75, 3.05) is 13.6 Å². The van der Waals surface area contributed by atoms with Crippen LogP contribution in [0.15, 0.2) is 53.3 Å². The molecule has 4 nitrogen and oxygen atoms in total. The topological polar surface area (TPSA) is 39.0 Å². The molecule has 128 valence electrons. The summed E-state index contributed by atoms with van der Waals surface area (Å²) in [7, 11) is 1.92. The van der Waals surface area contributed by atoms with Gasteiger partial charge in [0.15, 0.2) is 0 Å². The van der Waals surface area contributed by atoms with Crippen LogP contribution >= 0.6 is 24.0 Å². The number of rotatable bonds is 6. The van der Waals surface area contributed by atoms with Crippen LogP contribution in [-0.4, -0.2) is 22.7 Å². The molecule has 2 aromatic carbocycles. The standard InChI is InChI=1S/C18H20ClN3O.ClH/c1-20-11-4-12-21-16-5-2-3-6-17(16)22(18(21)23)13-14-7-9-15(19)10-8-14;/h2-3,5-10,20H,4,11-13H2,1H3;1H. The van der Waals surface area contributed by atoms with Crippen LogP contribution in [-0.2, 0) is 13.1 Å². The molecule has 3 aromatic rings. The van der Waals surface area contributed by atoms with Crippen LogP contribution in [0.5, 0.6) is 0 Å². The van der Waals surface area contributed by atoms with Crippen molar-refractivity contribution in [2.24, 2.45) is 0 Å². The summed E-state index contributed by atoms with van der Waals surface area (Å²) in [6.07, 6.45) is 0.922. The maximum Gasteiger partial charge on any atom is 0.329 e. The lowest BCUT2D eigenvalue weighted by Gasteiger charge is -2.04. The summed E-state index contributed by atoms with van der Waals surface area (Å²) in [4.78, 5) is 12.8. The summed E-state index contributed by atoms with van der Waals surface area (Å²) in [5.74, 6) is 0. The Labute approximate surface area is 152 Å². The smallest absolute Gasteiger partial charge is 0.320 e. The first-order valence-corrected chi connectivity index (χ1v) is 8.15. The highest BCUT2D eigenvalue weighted by Crippen LogP contribution is 2.16. The molecule has 24 heavy (non-hydrogen) atoms. The summed E-state index contributed by atoms with van der Waals surface area (Å²) in [5, 5.41) is 3.83. The number of para-hydroxylation sites is 2. The third-order valence-electron chi connectivity index (χ3n) is 3.99. The Morgan fingerprint density at radius 2 is 1.62 bits per heavy atom. The summed E-state index contributed by atoms with van der Waals surface area (Å²) >= 11 is 5.94. The molecule has 0 aliphatic rings. The second-order valence-corrected chi connectivity index (χ2v) is 6.03. The van der Waals surface area contributed by atoms with Crippen LogP contribution in [0.3, 0.4) is 0 Å². The number of nitrogens with one attached hydrogen (secondary N) is 1. The van der Waals surface area contributed by atoms with Crippen molar-refractivity contribution in [3.63, 3.8) is 0 Å². The first kappa shape index (κ1) is 18.6. The number of fused-ring (bicyclic) bond motifs is 1.